The van der Waals surface area contributed by atoms with E-state index in [9.17, 15) is 0 Å². The third-order valence-corrected chi connectivity index (χ3v) is 1.19. The van der Waals surface area contributed by atoms with Gasteiger partial charge in [-0.1, -0.05) is 12.2 Å². The Morgan fingerprint density at radius 2 is 2.62 bits per heavy atom. The maximum Gasteiger partial charge on any atom is 0.0926 e. The van der Waals surface area contributed by atoms with Crippen LogP contribution in [0.2, 0.25) is 0 Å². The van der Waals surface area contributed by atoms with Gasteiger partial charge in [0.05, 0.1) is 9.89 Å². The number of H-pyrrole nitrogens is 1. The predicted octanol–water partition coefficient (Wildman–Crippen LogP) is 1.01. The molecule has 0 aromatic carbocycles. The Morgan fingerprint density at radius 1 is 1.88 bits per heavy atom. The second kappa shape index (κ2) is 2.28. The second-order valence-corrected chi connectivity index (χ2v) is 2.43. The molecule has 0 radical (unpaired) electrons. The molecule has 0 bridgehead atoms. The summed E-state index contributed by atoms with van der Waals surface area (Å²) in [5.41, 5.74) is 0.795. The van der Waals surface area contributed by atoms with Crippen LogP contribution in [0, 0.1) is 0 Å². The normalized spacial score (nSPS) is 9.12. The number of hydrogen-bond donors (Lipinski definition) is 2. The van der Waals surface area contributed by atoms with Crippen LogP contribution in [0.15, 0.2) is 12.3 Å². The van der Waals surface area contributed by atoms with Gasteiger partial charge in [-0.15, -0.1) is 12.6 Å². The van der Waals surface area contributed by atoms with Crippen molar-refractivity contribution in [2.45, 2.75) is 0 Å². The first-order valence-electron chi connectivity index (χ1n) is 2.03. The molecule has 4 heteroatoms. The lowest BCUT2D eigenvalue weighted by Crippen LogP contribution is -1.85. The van der Waals surface area contributed by atoms with Crippen LogP contribution in [0.25, 0.3) is 0 Å². The summed E-state index contributed by atoms with van der Waals surface area (Å²) < 4.78 is 0.544. The fourth-order valence-corrected chi connectivity index (χ4v) is 0.613. The van der Waals surface area contributed by atoms with Gasteiger partial charge in [0.15, 0.2) is 0 Å². The zero-order valence-electron chi connectivity index (χ0n) is 3.96. The molecular weight excluding hydrogens is 140 g/mol. The van der Waals surface area contributed by atoms with Crippen LogP contribution < -0.4 is 0 Å². The van der Waals surface area contributed by atoms with Gasteiger partial charge in [-0.3, -0.25) is 5.10 Å². The molecule has 1 aromatic heterocycles. The molecule has 1 rings (SSSR count). The van der Waals surface area contributed by atoms with Gasteiger partial charge in [-0.05, 0) is 6.07 Å². The summed E-state index contributed by atoms with van der Waals surface area (Å²) in [5.74, 6) is 0. The predicted molar refractivity (Wildman–Crippen MR) is 39.3 cm³/mol. The Kier molecular flexibility index (Phi) is 1.65. The number of hydrogen-bond acceptors (Lipinski definition) is 2. The lowest BCUT2D eigenvalue weighted by molar-refractivity contribution is 1.08. The van der Waals surface area contributed by atoms with Crippen LogP contribution in [-0.4, -0.2) is 14.4 Å². The summed E-state index contributed by atoms with van der Waals surface area (Å²) in [4.78, 5) is 0. The number of rotatable bonds is 1. The van der Waals surface area contributed by atoms with Gasteiger partial charge in [0.1, 0.15) is 0 Å². The summed E-state index contributed by atoms with van der Waals surface area (Å²) in [5, 5.41) is 6.35. The van der Waals surface area contributed by atoms with Gasteiger partial charge in [0.25, 0.3) is 0 Å². The maximum absolute atomic E-state index is 4.71. The highest BCUT2D eigenvalue weighted by atomic mass is 32.1. The van der Waals surface area contributed by atoms with Crippen molar-refractivity contribution in [1.29, 1.82) is 0 Å². The average molecular weight is 144 g/mol. The van der Waals surface area contributed by atoms with Gasteiger partial charge in [0, 0.05) is 6.20 Å². The highest BCUT2D eigenvalue weighted by Crippen LogP contribution is 1.97. The van der Waals surface area contributed by atoms with Crippen molar-refractivity contribution in [2.24, 2.45) is 0 Å². The van der Waals surface area contributed by atoms with E-state index in [-0.39, 0.29) is 0 Å². The molecule has 8 heavy (non-hydrogen) atoms. The van der Waals surface area contributed by atoms with E-state index in [2.05, 4.69) is 22.8 Å². The van der Waals surface area contributed by atoms with E-state index in [1.54, 1.807) is 12.3 Å². The first kappa shape index (κ1) is 5.78. The minimum absolute atomic E-state index is 0.544. The molecule has 1 N–H and O–H groups in total. The highest BCUT2D eigenvalue weighted by molar-refractivity contribution is 8.11. The van der Waals surface area contributed by atoms with E-state index in [1.165, 1.54) is 0 Å². The molecule has 0 aliphatic rings. The number of nitrogens with zero attached hydrogens (tertiary/aromatic N) is 1. The van der Waals surface area contributed by atoms with E-state index in [4.69, 9.17) is 12.2 Å². The van der Waals surface area contributed by atoms with E-state index in [1.807, 2.05) is 0 Å². The molecule has 0 amide bonds. The SMILES string of the molecule is S=C(S)c1ccn[nH]1. The second-order valence-electron chi connectivity index (χ2n) is 1.28. The standard InChI is InChI=1S/C4H4N2S2/c7-4(8)3-1-2-5-6-3/h1-2H,(H,5,6)(H,7,8). The first-order valence-corrected chi connectivity index (χ1v) is 2.89. The topological polar surface area (TPSA) is 28.7 Å². The zero-order valence-corrected chi connectivity index (χ0v) is 5.67. The number of thiocarbonyl (C=S) groups is 1. The smallest absolute Gasteiger partial charge is 0.0926 e. The van der Waals surface area contributed by atoms with Crippen molar-refractivity contribution >= 4 is 29.0 Å². The van der Waals surface area contributed by atoms with Crippen molar-refractivity contribution in [3.05, 3.63) is 18.0 Å². The zero-order chi connectivity index (χ0) is 5.98. The van der Waals surface area contributed by atoms with E-state index in [0.29, 0.717) is 4.20 Å². The third-order valence-electron chi connectivity index (χ3n) is 0.731. The summed E-state index contributed by atoms with van der Waals surface area (Å²) in [6.45, 7) is 0. The number of thiol groups is 1. The van der Waals surface area contributed by atoms with Crippen LogP contribution in [0.3, 0.4) is 0 Å². The summed E-state index contributed by atoms with van der Waals surface area (Å²) in [6, 6.07) is 1.77. The molecule has 0 saturated carbocycles. The van der Waals surface area contributed by atoms with Crippen LogP contribution in [0.4, 0.5) is 0 Å². The minimum atomic E-state index is 0.544. The van der Waals surface area contributed by atoms with Crippen LogP contribution in [0.5, 0.6) is 0 Å². The van der Waals surface area contributed by atoms with Crippen molar-refractivity contribution in [2.75, 3.05) is 0 Å². The molecule has 0 unspecified atom stereocenters. The quantitative estimate of drug-likeness (QED) is 0.455. The van der Waals surface area contributed by atoms with Crippen molar-refractivity contribution in [3.8, 4) is 0 Å². The van der Waals surface area contributed by atoms with Gasteiger partial charge in [0.2, 0.25) is 0 Å². The number of aromatic nitrogens is 2. The Hall–Kier alpha value is -0.350. The number of nitrogens with one attached hydrogen (secondary N) is 1. The molecule has 0 aliphatic carbocycles. The minimum Gasteiger partial charge on any atom is -0.276 e. The molecule has 0 spiro atoms. The molecule has 1 heterocycles. The molecule has 0 saturated heterocycles. The third kappa shape index (κ3) is 1.08. The largest absolute Gasteiger partial charge is 0.276 e. The lowest BCUT2D eigenvalue weighted by atomic mass is 10.5. The first-order chi connectivity index (χ1) is 3.80. The summed E-state index contributed by atoms with van der Waals surface area (Å²) in [6.07, 6.45) is 1.64. The van der Waals surface area contributed by atoms with Gasteiger partial charge in [-0.2, -0.15) is 5.10 Å². The molecule has 2 nitrogen and oxygen atoms in total. The highest BCUT2D eigenvalue weighted by Gasteiger charge is 1.92. The summed E-state index contributed by atoms with van der Waals surface area (Å²) >= 11 is 8.62. The van der Waals surface area contributed by atoms with Crippen molar-refractivity contribution in [3.63, 3.8) is 0 Å². The molecule has 0 atom stereocenters. The molecule has 42 valence electrons. The Balaban J connectivity index is 2.93. The van der Waals surface area contributed by atoms with E-state index in [0.717, 1.165) is 5.69 Å². The Labute approximate surface area is 57.7 Å². The average Bonchev–Trinajstić information content (AvgIpc) is 2.12. The van der Waals surface area contributed by atoms with Crippen LogP contribution >= 0.6 is 24.8 Å². The van der Waals surface area contributed by atoms with Gasteiger partial charge < -0.3 is 0 Å². The van der Waals surface area contributed by atoms with Crippen molar-refractivity contribution in [1.82, 2.24) is 10.2 Å². The van der Waals surface area contributed by atoms with E-state index >= 15 is 0 Å². The van der Waals surface area contributed by atoms with Crippen LogP contribution in [0.1, 0.15) is 5.69 Å². The van der Waals surface area contributed by atoms with Crippen LogP contribution in [-0.2, 0) is 0 Å². The number of aromatic amines is 1. The Morgan fingerprint density at radius 3 is 2.88 bits per heavy atom. The molecule has 0 aliphatic heterocycles. The fraction of sp³-hybridized carbons (Fsp3) is 0. The molecular formula is C4H4N2S2. The van der Waals surface area contributed by atoms with Crippen molar-refractivity contribution < 1.29 is 0 Å². The van der Waals surface area contributed by atoms with Gasteiger partial charge >= 0.3 is 0 Å². The maximum atomic E-state index is 4.71. The van der Waals surface area contributed by atoms with E-state index < -0.39 is 0 Å². The Bertz CT molecular complexity index is 180. The molecule has 1 aromatic rings. The fourth-order valence-electron chi connectivity index (χ4n) is 0.375. The lowest BCUT2D eigenvalue weighted by Gasteiger charge is -1.83. The monoisotopic (exact) mass is 144 g/mol. The van der Waals surface area contributed by atoms with Gasteiger partial charge in [-0.25, -0.2) is 0 Å². The molecule has 0 fully saturated rings. The summed E-state index contributed by atoms with van der Waals surface area (Å²) in [7, 11) is 0.